The van der Waals surface area contributed by atoms with Crippen molar-refractivity contribution in [1.82, 2.24) is 0 Å². The van der Waals surface area contributed by atoms with Crippen molar-refractivity contribution in [3.8, 4) is 0 Å². The molecule has 1 N–H and O–H groups in total. The molecule has 1 aliphatic carbocycles. The lowest BCUT2D eigenvalue weighted by atomic mass is 10.1. The molecule has 2 heterocycles. The Kier molecular flexibility index (Phi) is 3.16. The first-order valence-corrected chi connectivity index (χ1v) is 7.63. The van der Waals surface area contributed by atoms with Gasteiger partial charge in [0, 0.05) is 5.56 Å². The molecule has 5 heteroatoms. The van der Waals surface area contributed by atoms with Crippen LogP contribution in [0.5, 0.6) is 0 Å². The van der Waals surface area contributed by atoms with Crippen LogP contribution >= 0.6 is 0 Å². The molecule has 120 valence electrons. The maximum atomic E-state index is 12.7. The van der Waals surface area contributed by atoms with Crippen LogP contribution in [0.4, 0.5) is 0 Å². The van der Waals surface area contributed by atoms with Gasteiger partial charge in [0.05, 0.1) is 10.9 Å². The van der Waals surface area contributed by atoms with Crippen molar-refractivity contribution in [2.24, 2.45) is 0 Å². The fourth-order valence-electron chi connectivity index (χ4n) is 3.07. The number of hydrogen-bond donors (Lipinski definition) is 1. The minimum absolute atomic E-state index is 0.0783. The van der Waals surface area contributed by atoms with Crippen LogP contribution in [0.3, 0.4) is 0 Å². The molecule has 0 saturated carbocycles. The highest BCUT2D eigenvalue weighted by atomic mass is 16.4. The summed E-state index contributed by atoms with van der Waals surface area (Å²) in [5.41, 5.74) is 1.83. The Bertz CT molecular complexity index is 1070. The van der Waals surface area contributed by atoms with Gasteiger partial charge in [0.2, 0.25) is 0 Å². The SMILES string of the molecule is Cc1ccc(C=C2CCc3c2oc2ccc(C(=O)O)cc2c3=O)o1. The highest BCUT2D eigenvalue weighted by molar-refractivity contribution is 5.94. The van der Waals surface area contributed by atoms with E-state index in [1.165, 1.54) is 18.2 Å². The molecule has 24 heavy (non-hydrogen) atoms. The summed E-state index contributed by atoms with van der Waals surface area (Å²) in [7, 11) is 0. The van der Waals surface area contributed by atoms with Crippen LogP contribution in [0.2, 0.25) is 0 Å². The van der Waals surface area contributed by atoms with Gasteiger partial charge in [-0.2, -0.15) is 0 Å². The second-order valence-corrected chi connectivity index (χ2v) is 5.87. The minimum atomic E-state index is -1.06. The number of hydrogen-bond acceptors (Lipinski definition) is 4. The maximum absolute atomic E-state index is 12.7. The van der Waals surface area contributed by atoms with E-state index in [1.807, 2.05) is 25.1 Å². The monoisotopic (exact) mass is 322 g/mol. The van der Waals surface area contributed by atoms with Crippen molar-refractivity contribution >= 4 is 28.6 Å². The van der Waals surface area contributed by atoms with Crippen LogP contribution < -0.4 is 5.43 Å². The lowest BCUT2D eigenvalue weighted by molar-refractivity contribution is 0.0697. The van der Waals surface area contributed by atoms with Gasteiger partial charge in [-0.1, -0.05) is 0 Å². The third kappa shape index (κ3) is 2.25. The molecule has 0 bridgehead atoms. The molecule has 0 saturated heterocycles. The smallest absolute Gasteiger partial charge is 0.335 e. The van der Waals surface area contributed by atoms with Gasteiger partial charge < -0.3 is 13.9 Å². The van der Waals surface area contributed by atoms with Crippen LogP contribution in [0.15, 0.2) is 44.0 Å². The van der Waals surface area contributed by atoms with Gasteiger partial charge in [0.25, 0.3) is 0 Å². The first-order valence-electron chi connectivity index (χ1n) is 7.63. The normalized spacial score (nSPS) is 15.1. The topological polar surface area (TPSA) is 80.6 Å². The van der Waals surface area contributed by atoms with E-state index in [0.717, 1.165) is 17.1 Å². The summed E-state index contributed by atoms with van der Waals surface area (Å²) in [6.07, 6.45) is 3.16. The van der Waals surface area contributed by atoms with Gasteiger partial charge in [-0.05, 0) is 61.7 Å². The standard InChI is InChI=1S/C19H14O5/c1-10-2-5-13(23-10)8-11-3-6-14-17(20)15-9-12(19(21)22)4-7-16(15)24-18(11)14/h2,4-5,7-9H,3,6H2,1H3,(H,21,22). The summed E-state index contributed by atoms with van der Waals surface area (Å²) in [6.45, 7) is 1.87. The Labute approximate surface area is 136 Å². The van der Waals surface area contributed by atoms with E-state index >= 15 is 0 Å². The van der Waals surface area contributed by atoms with Gasteiger partial charge in [-0.3, -0.25) is 4.79 Å². The van der Waals surface area contributed by atoms with Gasteiger partial charge in [-0.15, -0.1) is 0 Å². The minimum Gasteiger partial charge on any atom is -0.478 e. The molecule has 0 atom stereocenters. The fraction of sp³-hybridized carbons (Fsp3) is 0.158. The Morgan fingerprint density at radius 1 is 1.17 bits per heavy atom. The Morgan fingerprint density at radius 2 is 2.00 bits per heavy atom. The van der Waals surface area contributed by atoms with Gasteiger partial charge in [-0.25, -0.2) is 4.79 Å². The summed E-state index contributed by atoms with van der Waals surface area (Å²) in [6, 6.07) is 8.11. The molecule has 4 rings (SSSR count). The van der Waals surface area contributed by atoms with Gasteiger partial charge in [0.1, 0.15) is 22.9 Å². The number of furan rings is 1. The fourth-order valence-corrected chi connectivity index (χ4v) is 3.07. The lowest BCUT2D eigenvalue weighted by Gasteiger charge is -2.04. The number of carboxylic acids is 1. The molecule has 0 amide bonds. The molecule has 5 nitrogen and oxygen atoms in total. The largest absolute Gasteiger partial charge is 0.478 e. The average molecular weight is 322 g/mol. The first-order chi connectivity index (χ1) is 11.5. The van der Waals surface area contributed by atoms with Crippen molar-refractivity contribution < 1.29 is 18.7 Å². The van der Waals surface area contributed by atoms with Crippen LogP contribution in [-0.4, -0.2) is 11.1 Å². The van der Waals surface area contributed by atoms with E-state index in [0.29, 0.717) is 35.1 Å². The molecule has 2 aromatic heterocycles. The Hall–Kier alpha value is -3.08. The molecule has 0 radical (unpaired) electrons. The average Bonchev–Trinajstić information content (AvgIpc) is 3.14. The molecular weight excluding hydrogens is 308 g/mol. The van der Waals surface area contributed by atoms with E-state index in [-0.39, 0.29) is 11.0 Å². The van der Waals surface area contributed by atoms with Crippen LogP contribution in [0.25, 0.3) is 22.6 Å². The van der Waals surface area contributed by atoms with Crippen LogP contribution in [0.1, 0.15) is 39.6 Å². The summed E-state index contributed by atoms with van der Waals surface area (Å²) >= 11 is 0. The second kappa shape index (κ2) is 5.23. The van der Waals surface area contributed by atoms with Crippen molar-refractivity contribution in [2.45, 2.75) is 19.8 Å². The van der Waals surface area contributed by atoms with Crippen molar-refractivity contribution in [1.29, 1.82) is 0 Å². The number of aryl methyl sites for hydroxylation is 1. The summed E-state index contributed by atoms with van der Waals surface area (Å²) in [5.74, 6) is 1.05. The summed E-state index contributed by atoms with van der Waals surface area (Å²) in [5, 5.41) is 9.39. The maximum Gasteiger partial charge on any atom is 0.335 e. The highest BCUT2D eigenvalue weighted by Crippen LogP contribution is 2.34. The van der Waals surface area contributed by atoms with Gasteiger partial charge >= 0.3 is 5.97 Å². The number of aromatic carboxylic acids is 1. The molecule has 0 aliphatic heterocycles. The number of rotatable bonds is 2. The molecule has 0 unspecified atom stereocenters. The first kappa shape index (κ1) is 14.5. The highest BCUT2D eigenvalue weighted by Gasteiger charge is 2.24. The number of carboxylic acid groups (broad SMARTS) is 1. The third-order valence-corrected chi connectivity index (χ3v) is 4.24. The van der Waals surface area contributed by atoms with Crippen LogP contribution in [0, 0.1) is 6.92 Å². The quantitative estimate of drug-likeness (QED) is 0.774. The van der Waals surface area contributed by atoms with Crippen LogP contribution in [-0.2, 0) is 6.42 Å². The number of carbonyl (C=O) groups is 1. The molecule has 1 aliphatic rings. The lowest BCUT2D eigenvalue weighted by Crippen LogP contribution is -2.09. The zero-order chi connectivity index (χ0) is 16.8. The van der Waals surface area contributed by atoms with E-state index < -0.39 is 5.97 Å². The van der Waals surface area contributed by atoms with Gasteiger partial charge in [0.15, 0.2) is 5.43 Å². The van der Waals surface area contributed by atoms with E-state index in [9.17, 15) is 9.59 Å². The molecule has 0 spiro atoms. The Balaban J connectivity index is 1.89. The zero-order valence-corrected chi connectivity index (χ0v) is 13.0. The predicted octanol–water partition coefficient (Wildman–Crippen LogP) is 3.88. The van der Waals surface area contributed by atoms with E-state index in [4.69, 9.17) is 13.9 Å². The van der Waals surface area contributed by atoms with Crippen molar-refractivity contribution in [3.05, 3.63) is 69.0 Å². The third-order valence-electron chi connectivity index (χ3n) is 4.24. The van der Waals surface area contributed by atoms with Crippen molar-refractivity contribution in [3.63, 3.8) is 0 Å². The summed E-state index contributed by atoms with van der Waals surface area (Å²) < 4.78 is 11.5. The number of fused-ring (bicyclic) bond motifs is 2. The molecule has 1 aromatic carbocycles. The predicted molar refractivity (Wildman–Crippen MR) is 89.1 cm³/mol. The van der Waals surface area contributed by atoms with E-state index in [2.05, 4.69) is 0 Å². The number of allylic oxidation sites excluding steroid dienone is 1. The van der Waals surface area contributed by atoms with Crippen molar-refractivity contribution in [2.75, 3.05) is 0 Å². The Morgan fingerprint density at radius 3 is 2.71 bits per heavy atom. The summed E-state index contributed by atoms with van der Waals surface area (Å²) in [4.78, 5) is 23.8. The molecular formula is C19H14O5. The molecule has 0 fully saturated rings. The zero-order valence-electron chi connectivity index (χ0n) is 13.0. The molecule has 3 aromatic rings. The second-order valence-electron chi connectivity index (χ2n) is 5.87. The number of benzene rings is 1. The van der Waals surface area contributed by atoms with E-state index in [1.54, 1.807) is 0 Å².